The number of likely N-dealkylation sites (tertiary alicyclic amines) is 1. The van der Waals surface area contributed by atoms with E-state index in [0.717, 1.165) is 36.8 Å². The minimum absolute atomic E-state index is 0.0523. The van der Waals surface area contributed by atoms with Gasteiger partial charge in [-0.3, -0.25) is 14.7 Å². The smallest absolute Gasteiger partial charge is 0.338 e. The number of imidazole rings is 1. The lowest BCUT2D eigenvalue weighted by Gasteiger charge is -2.39. The molecular formula is C22H26N6O4S. The van der Waals surface area contributed by atoms with Crippen molar-refractivity contribution in [2.75, 3.05) is 13.1 Å². The lowest BCUT2D eigenvalue weighted by Crippen LogP contribution is -2.44. The van der Waals surface area contributed by atoms with E-state index in [1.165, 1.54) is 9.78 Å². The fourth-order valence-electron chi connectivity index (χ4n) is 5.86. The van der Waals surface area contributed by atoms with Crippen LogP contribution >= 0.6 is 11.3 Å². The zero-order valence-electron chi connectivity index (χ0n) is 18.1. The largest absolute Gasteiger partial charge is 0.391 e. The zero-order valence-corrected chi connectivity index (χ0v) is 18.9. The van der Waals surface area contributed by atoms with Crippen molar-refractivity contribution in [1.29, 1.82) is 0 Å². The van der Waals surface area contributed by atoms with E-state index in [9.17, 15) is 19.5 Å². The number of aliphatic hydroxyl groups excluding tert-OH is 1. The lowest BCUT2D eigenvalue weighted by atomic mass is 9.97. The summed E-state index contributed by atoms with van der Waals surface area (Å²) in [4.78, 5) is 50.5. The van der Waals surface area contributed by atoms with Gasteiger partial charge in [0.05, 0.1) is 12.4 Å². The zero-order chi connectivity index (χ0) is 22.7. The van der Waals surface area contributed by atoms with Crippen molar-refractivity contribution in [3.8, 4) is 0 Å². The summed E-state index contributed by atoms with van der Waals surface area (Å²) >= 11 is 1.78. The molecule has 3 aliphatic heterocycles. The quantitative estimate of drug-likeness (QED) is 0.597. The van der Waals surface area contributed by atoms with E-state index >= 15 is 0 Å². The Morgan fingerprint density at radius 2 is 1.97 bits per heavy atom. The molecule has 2 N–H and O–H groups in total. The van der Waals surface area contributed by atoms with Crippen LogP contribution in [-0.2, 0) is 6.54 Å². The van der Waals surface area contributed by atoms with E-state index in [2.05, 4.69) is 32.4 Å². The molecule has 3 fully saturated rings. The van der Waals surface area contributed by atoms with E-state index in [1.54, 1.807) is 17.7 Å². The van der Waals surface area contributed by atoms with Crippen LogP contribution < -0.4 is 11.2 Å². The van der Waals surface area contributed by atoms with Crippen LogP contribution in [0.25, 0.3) is 11.2 Å². The van der Waals surface area contributed by atoms with E-state index in [4.69, 9.17) is 0 Å². The number of carbonyl (C=O) groups is 1. The molecule has 3 aliphatic rings. The number of β-amino-alcohol motifs (C(OH)–C–C–N with tert-alkyl or cyclic N) is 1. The fraction of sp³-hybridized carbons (Fsp3) is 0.545. The Morgan fingerprint density at radius 1 is 1.18 bits per heavy atom. The molecule has 0 aliphatic carbocycles. The van der Waals surface area contributed by atoms with Gasteiger partial charge in [-0.15, -0.1) is 11.3 Å². The second-order valence-corrected chi connectivity index (χ2v) is 10.4. The Labute approximate surface area is 193 Å². The highest BCUT2D eigenvalue weighted by Crippen LogP contribution is 2.42. The first kappa shape index (κ1) is 20.8. The first-order valence-corrected chi connectivity index (χ1v) is 12.3. The van der Waals surface area contributed by atoms with Crippen molar-refractivity contribution in [2.45, 2.75) is 62.9 Å². The van der Waals surface area contributed by atoms with Crippen molar-refractivity contribution in [3.63, 3.8) is 0 Å². The summed E-state index contributed by atoms with van der Waals surface area (Å²) in [7, 11) is 0. The first-order chi connectivity index (χ1) is 16.0. The third kappa shape index (κ3) is 3.46. The van der Waals surface area contributed by atoms with E-state index in [1.807, 2.05) is 4.57 Å². The summed E-state index contributed by atoms with van der Waals surface area (Å²) in [6.45, 7) is 1.49. The van der Waals surface area contributed by atoms with Gasteiger partial charge in [-0.2, -0.15) is 4.57 Å². The number of carbonyl (C=O) groups excluding carboxylic acids is 1. The molecule has 174 valence electrons. The molecule has 6 heterocycles. The van der Waals surface area contributed by atoms with Gasteiger partial charge in [-0.1, -0.05) is 6.07 Å². The van der Waals surface area contributed by atoms with Gasteiger partial charge in [-0.25, -0.2) is 14.6 Å². The maximum Gasteiger partial charge on any atom is 0.338 e. The van der Waals surface area contributed by atoms with E-state index < -0.39 is 23.4 Å². The van der Waals surface area contributed by atoms with Crippen LogP contribution in [0, 0.1) is 0 Å². The molecule has 1 amide bonds. The molecule has 0 saturated carbocycles. The van der Waals surface area contributed by atoms with Crippen molar-refractivity contribution in [2.24, 2.45) is 0 Å². The van der Waals surface area contributed by atoms with Crippen LogP contribution in [0.5, 0.6) is 0 Å². The highest BCUT2D eigenvalue weighted by molar-refractivity contribution is 7.09. The standard InChI is InChI=1S/C22H26N6O4S/c29-16-5-6-25(10-16)22(32)28-20-18(19(30)24-21(28)31)23-12-27(20)15-8-13-3-4-14(9-15)26(13)11-17-2-1-7-33-17/h1-2,7,12-16,29H,3-6,8-11H2,(H,24,30,31). The predicted octanol–water partition coefficient (Wildman–Crippen LogP) is 1.35. The summed E-state index contributed by atoms with van der Waals surface area (Å²) in [6, 6.07) is 4.61. The van der Waals surface area contributed by atoms with Crippen LogP contribution in [0.1, 0.15) is 43.0 Å². The van der Waals surface area contributed by atoms with Crippen LogP contribution in [0.15, 0.2) is 33.4 Å². The monoisotopic (exact) mass is 470 g/mol. The van der Waals surface area contributed by atoms with Crippen LogP contribution in [-0.4, -0.2) is 71.3 Å². The van der Waals surface area contributed by atoms with Gasteiger partial charge in [0.25, 0.3) is 5.56 Å². The fourth-order valence-corrected chi connectivity index (χ4v) is 6.57. The average Bonchev–Trinajstić information content (AvgIpc) is 3.57. The minimum atomic E-state index is -0.765. The number of fused-ring (bicyclic) bond motifs is 3. The first-order valence-electron chi connectivity index (χ1n) is 11.5. The summed E-state index contributed by atoms with van der Waals surface area (Å²) in [5.41, 5.74) is -1.00. The third-order valence-corrected chi connectivity index (χ3v) is 8.28. The molecule has 6 rings (SSSR count). The average molecular weight is 471 g/mol. The molecule has 3 aromatic heterocycles. The summed E-state index contributed by atoms with van der Waals surface area (Å²) in [5.74, 6) is 0. The number of H-pyrrole nitrogens is 1. The molecule has 0 aromatic carbocycles. The normalized spacial score (nSPS) is 27.6. The number of aliphatic hydroxyl groups is 1. The molecule has 0 spiro atoms. The molecule has 3 aromatic rings. The van der Waals surface area contributed by atoms with Crippen LogP contribution in [0.4, 0.5) is 4.79 Å². The predicted molar refractivity (Wildman–Crippen MR) is 123 cm³/mol. The van der Waals surface area contributed by atoms with Crippen molar-refractivity contribution < 1.29 is 9.90 Å². The Bertz CT molecular complexity index is 1300. The van der Waals surface area contributed by atoms with Gasteiger partial charge >= 0.3 is 11.7 Å². The second kappa shape index (κ2) is 7.93. The van der Waals surface area contributed by atoms with Crippen LogP contribution in [0.2, 0.25) is 0 Å². The maximum absolute atomic E-state index is 13.2. The molecule has 3 saturated heterocycles. The molecule has 11 heteroatoms. The number of amides is 1. The number of nitrogens with one attached hydrogen (secondary N) is 1. The molecule has 0 radical (unpaired) electrons. The number of rotatable bonds is 3. The Morgan fingerprint density at radius 3 is 2.64 bits per heavy atom. The number of hydrogen-bond acceptors (Lipinski definition) is 7. The summed E-state index contributed by atoms with van der Waals surface area (Å²) in [6.07, 6.45) is 5.47. The van der Waals surface area contributed by atoms with Gasteiger partial charge in [-0.05, 0) is 43.6 Å². The van der Waals surface area contributed by atoms with Gasteiger partial charge in [0.1, 0.15) is 0 Å². The van der Waals surface area contributed by atoms with Gasteiger partial charge < -0.3 is 14.6 Å². The summed E-state index contributed by atoms with van der Waals surface area (Å²) < 4.78 is 2.89. The number of aromatic nitrogens is 4. The minimum Gasteiger partial charge on any atom is -0.391 e. The summed E-state index contributed by atoms with van der Waals surface area (Å²) in [5, 5.41) is 12.0. The third-order valence-electron chi connectivity index (χ3n) is 7.41. The maximum atomic E-state index is 13.2. The van der Waals surface area contributed by atoms with Crippen molar-refractivity contribution in [1.82, 2.24) is 28.9 Å². The van der Waals surface area contributed by atoms with Gasteiger partial charge in [0.2, 0.25) is 0 Å². The topological polar surface area (TPSA) is 116 Å². The van der Waals surface area contributed by atoms with Crippen molar-refractivity contribution >= 4 is 28.5 Å². The molecule has 2 bridgehead atoms. The number of nitrogens with zero attached hydrogens (tertiary/aromatic N) is 5. The molecule has 33 heavy (non-hydrogen) atoms. The molecule has 10 nitrogen and oxygen atoms in total. The van der Waals surface area contributed by atoms with Gasteiger partial charge in [0.15, 0.2) is 11.2 Å². The van der Waals surface area contributed by atoms with Crippen molar-refractivity contribution in [3.05, 3.63) is 49.6 Å². The van der Waals surface area contributed by atoms with Crippen LogP contribution in [0.3, 0.4) is 0 Å². The lowest BCUT2D eigenvalue weighted by molar-refractivity contribution is 0.101. The molecule has 3 atom stereocenters. The Kier molecular flexibility index (Phi) is 5.00. The number of aromatic amines is 1. The molecule has 3 unspecified atom stereocenters. The van der Waals surface area contributed by atoms with Gasteiger partial charge in [0, 0.05) is 42.6 Å². The second-order valence-electron chi connectivity index (χ2n) is 9.35. The number of piperidine rings is 1. The molecular weight excluding hydrogens is 444 g/mol. The highest BCUT2D eigenvalue weighted by atomic mass is 32.1. The highest BCUT2D eigenvalue weighted by Gasteiger charge is 2.42. The number of thiophene rings is 1. The number of hydrogen-bond donors (Lipinski definition) is 2. The Hall–Kier alpha value is -2.76. The SMILES string of the molecule is O=C(N1CCC(O)C1)n1c(=O)[nH]c(=O)c2ncn(C3CC4CCC(C3)N4Cc3cccs3)c21. The van der Waals surface area contributed by atoms with E-state index in [-0.39, 0.29) is 23.8 Å². The Balaban J connectivity index is 1.36. The van der Waals surface area contributed by atoms with E-state index in [0.29, 0.717) is 25.0 Å².